The first-order valence-electron chi connectivity index (χ1n) is 10.1. The van der Waals surface area contributed by atoms with Crippen LogP contribution < -0.4 is 10.9 Å². The second-order valence-corrected chi connectivity index (χ2v) is 7.52. The molecule has 0 atom stereocenters. The van der Waals surface area contributed by atoms with Gasteiger partial charge in [-0.3, -0.25) is 9.59 Å². The predicted octanol–water partition coefficient (Wildman–Crippen LogP) is 4.71. The zero-order chi connectivity index (χ0) is 24.0. The minimum atomic E-state index is -0.306. The van der Waals surface area contributed by atoms with Gasteiger partial charge in [-0.05, 0) is 48.5 Å². The molecule has 8 nitrogen and oxygen atoms in total. The van der Waals surface area contributed by atoms with Gasteiger partial charge in [-0.15, -0.1) is 0 Å². The number of hydrogen-bond acceptors (Lipinski definition) is 8. The summed E-state index contributed by atoms with van der Waals surface area (Å²) in [5, 5.41) is 39.0. The Morgan fingerprint density at radius 1 is 0.514 bits per heavy atom. The largest absolute Gasteiger partial charge is 2.00 e. The molecule has 2 aromatic heterocycles. The Labute approximate surface area is 208 Å². The molecule has 4 aromatic carbocycles. The average Bonchev–Trinajstić information content (AvgIpc) is 2.79. The van der Waals surface area contributed by atoms with E-state index in [1.165, 1.54) is 48.5 Å². The van der Waals surface area contributed by atoms with Gasteiger partial charge in [-0.2, -0.15) is 0 Å². The third-order valence-electron chi connectivity index (χ3n) is 5.32. The van der Waals surface area contributed by atoms with E-state index in [-0.39, 0.29) is 64.1 Å². The molecule has 0 unspecified atom stereocenters. The molecule has 0 saturated heterocycles. The molecule has 6 aromatic rings. The molecule has 0 amide bonds. The van der Waals surface area contributed by atoms with Gasteiger partial charge in [-0.25, -0.2) is 0 Å². The molecule has 4 N–H and O–H groups in total. The predicted molar refractivity (Wildman–Crippen MR) is 127 cm³/mol. The summed E-state index contributed by atoms with van der Waals surface area (Å²) in [7, 11) is 0. The molecular formula is C26H16O8Zn+2. The van der Waals surface area contributed by atoms with Crippen molar-refractivity contribution >= 4 is 43.9 Å². The minimum Gasteiger partial charge on any atom is -0.508 e. The summed E-state index contributed by atoms with van der Waals surface area (Å²) < 4.78 is 10.9. The monoisotopic (exact) mass is 520 g/mol. The van der Waals surface area contributed by atoms with Gasteiger partial charge in [0.25, 0.3) is 0 Å². The molecule has 0 aliphatic rings. The number of benzene rings is 4. The summed E-state index contributed by atoms with van der Waals surface area (Å²) in [5.74, 6) is -0.155. The molecule has 0 bridgehead atoms. The van der Waals surface area contributed by atoms with E-state index in [0.29, 0.717) is 33.1 Å². The molecule has 0 spiro atoms. The molecule has 0 aliphatic carbocycles. The summed E-state index contributed by atoms with van der Waals surface area (Å²) in [6.07, 6.45) is 0. The fourth-order valence-electron chi connectivity index (χ4n) is 3.74. The van der Waals surface area contributed by atoms with Crippen LogP contribution in [0.1, 0.15) is 0 Å². The van der Waals surface area contributed by atoms with Gasteiger partial charge >= 0.3 is 19.5 Å². The van der Waals surface area contributed by atoms with E-state index < -0.39 is 0 Å². The quantitative estimate of drug-likeness (QED) is 0.166. The van der Waals surface area contributed by atoms with Crippen LogP contribution in [-0.2, 0) is 19.5 Å². The molecule has 2 heterocycles. The summed E-state index contributed by atoms with van der Waals surface area (Å²) in [6, 6.07) is 17.8. The van der Waals surface area contributed by atoms with Crippen LogP contribution in [0.4, 0.5) is 0 Å². The standard InChI is InChI=1S/2C13H8O4.Zn/c2*14-7-4-5-8-11(6-7)17-10-3-1-2-9(15)12(10)13(8)16;/h2*1-6,14-15H;/q;;+2. The number of phenolic OH excluding ortho intramolecular Hbond substituents is 4. The summed E-state index contributed by atoms with van der Waals surface area (Å²) in [5.41, 5.74) is 0.584. The van der Waals surface area contributed by atoms with E-state index in [2.05, 4.69) is 0 Å². The third kappa shape index (κ3) is 4.18. The second-order valence-electron chi connectivity index (χ2n) is 7.52. The Bertz CT molecular complexity index is 1710. The SMILES string of the molecule is O=c1c2ccc(O)cc2oc2cccc(O)c12.O=c1c2ccc(O)cc2oc2cccc(O)c12.[Zn+2]. The van der Waals surface area contributed by atoms with Crippen molar-refractivity contribution in [1.29, 1.82) is 0 Å². The van der Waals surface area contributed by atoms with Crippen LogP contribution in [0.3, 0.4) is 0 Å². The van der Waals surface area contributed by atoms with E-state index in [0.717, 1.165) is 0 Å². The molecule has 0 radical (unpaired) electrons. The zero-order valence-corrected chi connectivity index (χ0v) is 21.0. The number of hydrogen-bond donors (Lipinski definition) is 4. The van der Waals surface area contributed by atoms with Crippen LogP contribution in [0.15, 0.2) is 91.2 Å². The van der Waals surface area contributed by atoms with Gasteiger partial charge in [0.1, 0.15) is 56.1 Å². The van der Waals surface area contributed by atoms with Crippen molar-refractivity contribution in [2.24, 2.45) is 0 Å². The maximum absolute atomic E-state index is 12.1. The van der Waals surface area contributed by atoms with E-state index >= 15 is 0 Å². The molecule has 168 valence electrons. The molecule has 0 saturated carbocycles. The van der Waals surface area contributed by atoms with Gasteiger partial charge in [0.05, 0.1) is 10.8 Å². The van der Waals surface area contributed by atoms with Crippen LogP contribution in [0.5, 0.6) is 23.0 Å². The molecule has 6 rings (SSSR count). The Morgan fingerprint density at radius 2 is 0.914 bits per heavy atom. The maximum atomic E-state index is 12.1. The van der Waals surface area contributed by atoms with Crippen molar-refractivity contribution in [2.45, 2.75) is 0 Å². The van der Waals surface area contributed by atoms with Crippen LogP contribution in [-0.4, -0.2) is 20.4 Å². The minimum absolute atomic E-state index is 0. The Kier molecular flexibility index (Phi) is 6.20. The van der Waals surface area contributed by atoms with Gasteiger partial charge in [0.15, 0.2) is 0 Å². The smallest absolute Gasteiger partial charge is 0.508 e. The fourth-order valence-corrected chi connectivity index (χ4v) is 3.74. The van der Waals surface area contributed by atoms with Crippen molar-refractivity contribution in [3.8, 4) is 23.0 Å². The molecule has 0 aliphatic heterocycles. The Morgan fingerprint density at radius 3 is 1.31 bits per heavy atom. The number of aromatic hydroxyl groups is 4. The van der Waals surface area contributed by atoms with E-state index in [4.69, 9.17) is 8.83 Å². The summed E-state index contributed by atoms with van der Waals surface area (Å²) in [6.45, 7) is 0. The molecule has 9 heteroatoms. The second kappa shape index (κ2) is 9.12. The van der Waals surface area contributed by atoms with E-state index in [9.17, 15) is 30.0 Å². The van der Waals surface area contributed by atoms with E-state index in [1.807, 2.05) is 0 Å². The van der Waals surface area contributed by atoms with Crippen molar-refractivity contribution in [2.75, 3.05) is 0 Å². The van der Waals surface area contributed by atoms with Gasteiger partial charge in [0.2, 0.25) is 10.9 Å². The van der Waals surface area contributed by atoms with Crippen LogP contribution in [0.25, 0.3) is 43.9 Å². The third-order valence-corrected chi connectivity index (χ3v) is 5.32. The zero-order valence-electron chi connectivity index (χ0n) is 18.1. The van der Waals surface area contributed by atoms with Crippen molar-refractivity contribution < 1.29 is 48.7 Å². The van der Waals surface area contributed by atoms with Gasteiger partial charge in [-0.1, -0.05) is 12.1 Å². The topological polar surface area (TPSA) is 141 Å². The van der Waals surface area contributed by atoms with Crippen LogP contribution >= 0.6 is 0 Å². The number of rotatable bonds is 0. The van der Waals surface area contributed by atoms with Crippen molar-refractivity contribution in [3.05, 3.63) is 93.2 Å². The van der Waals surface area contributed by atoms with Crippen LogP contribution in [0, 0.1) is 0 Å². The Hall–Kier alpha value is -4.36. The van der Waals surface area contributed by atoms with Gasteiger partial charge in [0, 0.05) is 12.1 Å². The van der Waals surface area contributed by atoms with Gasteiger partial charge < -0.3 is 29.3 Å². The summed E-state index contributed by atoms with van der Waals surface area (Å²) in [4.78, 5) is 24.2. The number of phenols is 4. The maximum Gasteiger partial charge on any atom is 2.00 e. The first-order chi connectivity index (χ1) is 16.3. The first-order valence-corrected chi connectivity index (χ1v) is 10.1. The normalized spacial score (nSPS) is 10.7. The van der Waals surface area contributed by atoms with E-state index in [1.54, 1.807) is 24.3 Å². The van der Waals surface area contributed by atoms with Crippen molar-refractivity contribution in [1.82, 2.24) is 0 Å². The molecule has 35 heavy (non-hydrogen) atoms. The molecule has 0 fully saturated rings. The van der Waals surface area contributed by atoms with Crippen LogP contribution in [0.2, 0.25) is 0 Å². The summed E-state index contributed by atoms with van der Waals surface area (Å²) >= 11 is 0. The van der Waals surface area contributed by atoms with Crippen molar-refractivity contribution in [3.63, 3.8) is 0 Å². The Balaban J connectivity index is 0.000000160. The first kappa shape index (κ1) is 23.8. The number of fused-ring (bicyclic) bond motifs is 4. The molecular weight excluding hydrogens is 506 g/mol. The fraction of sp³-hybridized carbons (Fsp3) is 0. The average molecular weight is 522 g/mol.